The van der Waals surface area contributed by atoms with Gasteiger partial charge in [0.1, 0.15) is 11.9 Å². The van der Waals surface area contributed by atoms with Crippen molar-refractivity contribution in [1.29, 1.82) is 5.26 Å². The van der Waals surface area contributed by atoms with Crippen molar-refractivity contribution in [2.24, 2.45) is 5.73 Å². The topological polar surface area (TPSA) is 49.8 Å². The second-order valence-corrected chi connectivity index (χ2v) is 3.18. The van der Waals surface area contributed by atoms with Gasteiger partial charge in [-0.05, 0) is 13.0 Å². The van der Waals surface area contributed by atoms with Gasteiger partial charge in [0.05, 0.1) is 5.56 Å². The first-order valence-corrected chi connectivity index (χ1v) is 4.23. The molecule has 0 saturated heterocycles. The van der Waals surface area contributed by atoms with Gasteiger partial charge in [0.25, 0.3) is 0 Å². The summed E-state index contributed by atoms with van der Waals surface area (Å²) in [6.07, 6.45) is 0. The zero-order valence-corrected chi connectivity index (χ0v) is 7.97. The Kier molecular flexibility index (Phi) is 3.01. The monoisotopic (exact) mass is 214 g/mol. The van der Waals surface area contributed by atoms with Gasteiger partial charge in [-0.15, -0.1) is 0 Å². The normalized spacial score (nSPS) is 13.3. The van der Waals surface area contributed by atoms with E-state index in [1.807, 2.05) is 0 Å². The van der Waals surface area contributed by atoms with Gasteiger partial charge in [-0.3, -0.25) is 0 Å². The summed E-state index contributed by atoms with van der Waals surface area (Å²) >= 11 is 0. The van der Waals surface area contributed by atoms with E-state index in [1.54, 1.807) is 0 Å². The van der Waals surface area contributed by atoms with Crippen molar-refractivity contribution in [2.75, 3.05) is 0 Å². The molecule has 1 atom stereocenters. The van der Waals surface area contributed by atoms with Gasteiger partial charge in [0.2, 0.25) is 0 Å². The quantitative estimate of drug-likeness (QED) is 0.822. The minimum absolute atomic E-state index is 0.0255. The number of hydrogen-bond acceptors (Lipinski definition) is 2. The Morgan fingerprint density at radius 1 is 1.47 bits per heavy atom. The van der Waals surface area contributed by atoms with Gasteiger partial charge in [-0.2, -0.15) is 14.0 Å². The zero-order valence-electron chi connectivity index (χ0n) is 7.97. The van der Waals surface area contributed by atoms with Crippen molar-refractivity contribution in [3.63, 3.8) is 0 Å². The van der Waals surface area contributed by atoms with Gasteiger partial charge >= 0.3 is 5.92 Å². The van der Waals surface area contributed by atoms with Gasteiger partial charge in [-0.1, -0.05) is 12.1 Å². The molecule has 1 rings (SSSR count). The van der Waals surface area contributed by atoms with Crippen molar-refractivity contribution < 1.29 is 13.2 Å². The van der Waals surface area contributed by atoms with Crippen LogP contribution in [0.15, 0.2) is 18.2 Å². The molecule has 1 aromatic rings. The summed E-state index contributed by atoms with van der Waals surface area (Å²) in [6.45, 7) is 1.48. The molecule has 80 valence electrons. The molecule has 0 heterocycles. The Hall–Kier alpha value is -1.54. The van der Waals surface area contributed by atoms with Crippen LogP contribution < -0.4 is 5.73 Å². The Bertz CT molecular complexity index is 408. The molecule has 1 unspecified atom stereocenters. The molecule has 0 spiro atoms. The molecule has 0 aromatic heterocycles. The summed E-state index contributed by atoms with van der Waals surface area (Å²) in [7, 11) is 0. The largest absolute Gasteiger partial charge is 0.360 e. The molecule has 0 aliphatic rings. The van der Waals surface area contributed by atoms with Crippen LogP contribution in [0.25, 0.3) is 0 Å². The van der Waals surface area contributed by atoms with Gasteiger partial charge in [0, 0.05) is 11.6 Å². The summed E-state index contributed by atoms with van der Waals surface area (Å²) in [4.78, 5) is 0. The van der Waals surface area contributed by atoms with E-state index in [4.69, 9.17) is 11.0 Å². The predicted octanol–water partition coefficient (Wildman–Crippen LogP) is 2.46. The van der Waals surface area contributed by atoms with Gasteiger partial charge in [-0.25, -0.2) is 4.39 Å². The molecule has 15 heavy (non-hydrogen) atoms. The van der Waals surface area contributed by atoms with Crippen LogP contribution in [0, 0.1) is 17.1 Å². The SMILES string of the molecule is CC(N)c1cccc(C(F)(F)C#N)c1F. The van der Waals surface area contributed by atoms with Crippen LogP contribution in [0.1, 0.15) is 24.1 Å². The lowest BCUT2D eigenvalue weighted by molar-refractivity contribution is 0.0569. The molecule has 5 heteroatoms. The van der Waals surface area contributed by atoms with E-state index in [2.05, 4.69) is 0 Å². The van der Waals surface area contributed by atoms with Crippen LogP contribution in [0.4, 0.5) is 13.2 Å². The number of hydrogen-bond donors (Lipinski definition) is 1. The number of alkyl halides is 2. The summed E-state index contributed by atoms with van der Waals surface area (Å²) in [5, 5.41) is 8.20. The Balaban J connectivity index is 3.35. The van der Waals surface area contributed by atoms with Crippen LogP contribution in [0.2, 0.25) is 0 Å². The smallest absolute Gasteiger partial charge is 0.324 e. The number of halogens is 3. The minimum atomic E-state index is -3.82. The molecule has 0 bridgehead atoms. The third-order valence-electron chi connectivity index (χ3n) is 2.00. The highest BCUT2D eigenvalue weighted by molar-refractivity contribution is 5.33. The summed E-state index contributed by atoms with van der Waals surface area (Å²) < 4.78 is 39.4. The lowest BCUT2D eigenvalue weighted by Crippen LogP contribution is -2.16. The number of nitriles is 1. The average Bonchev–Trinajstić information content (AvgIpc) is 2.17. The van der Waals surface area contributed by atoms with E-state index in [0.717, 1.165) is 12.1 Å². The zero-order chi connectivity index (χ0) is 11.6. The second-order valence-electron chi connectivity index (χ2n) is 3.18. The van der Waals surface area contributed by atoms with E-state index < -0.39 is 23.3 Å². The molecule has 0 radical (unpaired) electrons. The molecular formula is C10H9F3N2. The lowest BCUT2D eigenvalue weighted by atomic mass is 10.0. The van der Waals surface area contributed by atoms with Crippen molar-refractivity contribution in [2.45, 2.75) is 18.9 Å². The Labute approximate surface area is 85.1 Å². The maximum atomic E-state index is 13.5. The van der Waals surface area contributed by atoms with Gasteiger partial charge < -0.3 is 5.73 Å². The van der Waals surface area contributed by atoms with E-state index in [1.165, 1.54) is 19.1 Å². The minimum Gasteiger partial charge on any atom is -0.324 e. The third-order valence-corrected chi connectivity index (χ3v) is 2.00. The molecule has 0 amide bonds. The molecule has 0 saturated carbocycles. The maximum absolute atomic E-state index is 13.5. The van der Waals surface area contributed by atoms with Crippen LogP contribution in [0.3, 0.4) is 0 Å². The van der Waals surface area contributed by atoms with E-state index in [-0.39, 0.29) is 5.56 Å². The lowest BCUT2D eigenvalue weighted by Gasteiger charge is -2.13. The number of nitrogens with zero attached hydrogens (tertiary/aromatic N) is 1. The van der Waals surface area contributed by atoms with Crippen LogP contribution in [-0.4, -0.2) is 0 Å². The van der Waals surface area contributed by atoms with Crippen LogP contribution in [0.5, 0.6) is 0 Å². The highest BCUT2D eigenvalue weighted by atomic mass is 19.3. The molecular weight excluding hydrogens is 205 g/mol. The number of benzene rings is 1. The Morgan fingerprint density at radius 2 is 2.07 bits per heavy atom. The Morgan fingerprint density at radius 3 is 2.53 bits per heavy atom. The number of nitrogens with two attached hydrogens (primary N) is 1. The van der Waals surface area contributed by atoms with Crippen molar-refractivity contribution in [1.82, 2.24) is 0 Å². The molecule has 0 aliphatic heterocycles. The summed E-state index contributed by atoms with van der Waals surface area (Å²) in [6, 6.07) is 3.50. The maximum Gasteiger partial charge on any atom is 0.360 e. The van der Waals surface area contributed by atoms with Crippen LogP contribution in [-0.2, 0) is 5.92 Å². The second kappa shape index (κ2) is 3.91. The predicted molar refractivity (Wildman–Crippen MR) is 48.5 cm³/mol. The first-order chi connectivity index (χ1) is 6.90. The van der Waals surface area contributed by atoms with E-state index >= 15 is 0 Å². The van der Waals surface area contributed by atoms with Crippen molar-refractivity contribution in [3.05, 3.63) is 35.1 Å². The first kappa shape index (κ1) is 11.5. The molecule has 1 aromatic carbocycles. The summed E-state index contributed by atoms with van der Waals surface area (Å²) in [5.74, 6) is -4.94. The van der Waals surface area contributed by atoms with Crippen molar-refractivity contribution >= 4 is 0 Å². The average molecular weight is 214 g/mol. The fourth-order valence-electron chi connectivity index (χ4n) is 1.20. The standard InChI is InChI=1S/C10H9F3N2/c1-6(15)7-3-2-4-8(9(7)11)10(12,13)5-14/h2-4,6H,15H2,1H3. The number of rotatable bonds is 2. The van der Waals surface area contributed by atoms with E-state index in [9.17, 15) is 13.2 Å². The molecule has 2 N–H and O–H groups in total. The van der Waals surface area contributed by atoms with E-state index in [0.29, 0.717) is 0 Å². The first-order valence-electron chi connectivity index (χ1n) is 4.23. The van der Waals surface area contributed by atoms with Crippen molar-refractivity contribution in [3.8, 4) is 6.07 Å². The fourth-order valence-corrected chi connectivity index (χ4v) is 1.20. The molecule has 0 aliphatic carbocycles. The molecule has 0 fully saturated rings. The fraction of sp³-hybridized carbons (Fsp3) is 0.300. The highest BCUT2D eigenvalue weighted by Gasteiger charge is 2.35. The van der Waals surface area contributed by atoms with Gasteiger partial charge in [0.15, 0.2) is 0 Å². The highest BCUT2D eigenvalue weighted by Crippen LogP contribution is 2.31. The third kappa shape index (κ3) is 2.10. The summed E-state index contributed by atoms with van der Waals surface area (Å²) in [5.41, 5.74) is 4.44. The molecule has 2 nitrogen and oxygen atoms in total. The van der Waals surface area contributed by atoms with Crippen LogP contribution >= 0.6 is 0 Å².